The fraction of sp³-hybridized carbons (Fsp3) is 0.538. The van der Waals surface area contributed by atoms with E-state index in [9.17, 15) is 9.50 Å². The van der Waals surface area contributed by atoms with Gasteiger partial charge in [-0.3, -0.25) is 0 Å². The molecular formula is C13H18BrFO2. The number of aliphatic hydroxyl groups excluding tert-OH is 1. The molecule has 1 aromatic rings. The Balaban J connectivity index is 2.53. The van der Waals surface area contributed by atoms with Crippen molar-refractivity contribution in [2.75, 3.05) is 6.61 Å². The molecular weight excluding hydrogens is 287 g/mol. The summed E-state index contributed by atoms with van der Waals surface area (Å²) in [5.41, 5.74) is 0.609. The van der Waals surface area contributed by atoms with Crippen molar-refractivity contribution in [2.45, 2.75) is 38.9 Å². The van der Waals surface area contributed by atoms with Gasteiger partial charge < -0.3 is 9.84 Å². The fourth-order valence-electron chi connectivity index (χ4n) is 1.35. The smallest absolute Gasteiger partial charge is 0.124 e. The van der Waals surface area contributed by atoms with Crippen molar-refractivity contribution >= 4 is 15.9 Å². The second kappa shape index (κ2) is 5.94. The van der Waals surface area contributed by atoms with Gasteiger partial charge in [0.2, 0.25) is 0 Å². The lowest BCUT2D eigenvalue weighted by atomic mass is 10.1. The van der Waals surface area contributed by atoms with Crippen LogP contribution in [0, 0.1) is 5.82 Å². The Morgan fingerprint density at radius 3 is 2.59 bits per heavy atom. The zero-order valence-corrected chi connectivity index (χ0v) is 11.9. The van der Waals surface area contributed by atoms with Crippen LogP contribution in [-0.2, 0) is 11.2 Å². The lowest BCUT2D eigenvalue weighted by molar-refractivity contribution is -0.0482. The molecule has 0 bridgehead atoms. The Labute approximate surface area is 110 Å². The third kappa shape index (κ3) is 5.61. The van der Waals surface area contributed by atoms with Gasteiger partial charge in [0.05, 0.1) is 18.3 Å². The summed E-state index contributed by atoms with van der Waals surface area (Å²) in [5.74, 6) is -0.291. The third-order valence-corrected chi connectivity index (χ3v) is 2.92. The molecule has 1 unspecified atom stereocenters. The van der Waals surface area contributed by atoms with E-state index >= 15 is 0 Å². The summed E-state index contributed by atoms with van der Waals surface area (Å²) in [4.78, 5) is 0. The van der Waals surface area contributed by atoms with Crippen LogP contribution in [0.3, 0.4) is 0 Å². The highest BCUT2D eigenvalue weighted by Gasteiger charge is 2.15. The van der Waals surface area contributed by atoms with E-state index in [0.29, 0.717) is 10.9 Å². The van der Waals surface area contributed by atoms with E-state index < -0.39 is 6.10 Å². The number of aliphatic hydroxyl groups is 1. The van der Waals surface area contributed by atoms with Crippen molar-refractivity contribution in [2.24, 2.45) is 0 Å². The van der Waals surface area contributed by atoms with Crippen LogP contribution in [0.15, 0.2) is 22.7 Å². The summed E-state index contributed by atoms with van der Waals surface area (Å²) < 4.78 is 19.0. The van der Waals surface area contributed by atoms with Gasteiger partial charge in [-0.1, -0.05) is 22.0 Å². The SMILES string of the molecule is CC(C)(C)OCC(O)Cc1ccc(F)cc1Br. The minimum absolute atomic E-state index is 0.263. The van der Waals surface area contributed by atoms with Crippen LogP contribution in [-0.4, -0.2) is 23.4 Å². The van der Waals surface area contributed by atoms with Crippen molar-refractivity contribution in [3.8, 4) is 0 Å². The van der Waals surface area contributed by atoms with Crippen LogP contribution in [0.2, 0.25) is 0 Å². The van der Waals surface area contributed by atoms with Crippen molar-refractivity contribution in [3.05, 3.63) is 34.1 Å². The Hall–Kier alpha value is -0.450. The number of hydrogen-bond acceptors (Lipinski definition) is 2. The molecule has 0 amide bonds. The Morgan fingerprint density at radius 2 is 2.06 bits per heavy atom. The summed E-state index contributed by atoms with van der Waals surface area (Å²) in [5, 5.41) is 9.82. The molecule has 0 aliphatic carbocycles. The number of benzene rings is 1. The largest absolute Gasteiger partial charge is 0.390 e. The first-order valence-corrected chi connectivity index (χ1v) is 6.33. The summed E-state index contributed by atoms with van der Waals surface area (Å²) in [6, 6.07) is 4.45. The molecule has 0 aliphatic heterocycles. The van der Waals surface area contributed by atoms with E-state index in [1.165, 1.54) is 12.1 Å². The maximum atomic E-state index is 12.9. The normalized spacial score (nSPS) is 13.8. The predicted octanol–water partition coefficient (Wildman–Crippen LogP) is 3.31. The highest BCUT2D eigenvalue weighted by Crippen LogP contribution is 2.20. The average molecular weight is 305 g/mol. The van der Waals surface area contributed by atoms with Crippen molar-refractivity contribution < 1.29 is 14.2 Å². The van der Waals surface area contributed by atoms with Gasteiger partial charge in [0.25, 0.3) is 0 Å². The summed E-state index contributed by atoms with van der Waals surface area (Å²) in [6.07, 6.45) is -0.146. The number of hydrogen-bond donors (Lipinski definition) is 1. The van der Waals surface area contributed by atoms with Gasteiger partial charge in [0.1, 0.15) is 5.82 Å². The minimum atomic E-state index is -0.587. The number of halogens is 2. The van der Waals surface area contributed by atoms with E-state index in [2.05, 4.69) is 15.9 Å². The zero-order valence-electron chi connectivity index (χ0n) is 10.3. The Morgan fingerprint density at radius 1 is 1.41 bits per heavy atom. The van der Waals surface area contributed by atoms with E-state index in [0.717, 1.165) is 5.56 Å². The van der Waals surface area contributed by atoms with Gasteiger partial charge in [-0.15, -0.1) is 0 Å². The molecule has 0 aliphatic rings. The monoisotopic (exact) mass is 304 g/mol. The zero-order chi connectivity index (χ0) is 13.1. The maximum absolute atomic E-state index is 12.9. The maximum Gasteiger partial charge on any atom is 0.124 e. The van der Waals surface area contributed by atoms with E-state index in [1.54, 1.807) is 6.07 Å². The van der Waals surface area contributed by atoms with Crippen molar-refractivity contribution in [1.29, 1.82) is 0 Å². The molecule has 0 aromatic heterocycles. The molecule has 0 heterocycles. The van der Waals surface area contributed by atoms with Gasteiger partial charge in [-0.05, 0) is 38.5 Å². The first-order chi connectivity index (χ1) is 7.78. The molecule has 1 atom stereocenters. The Bertz CT molecular complexity index is 374. The van der Waals surface area contributed by atoms with Crippen LogP contribution in [0.4, 0.5) is 4.39 Å². The fourth-order valence-corrected chi connectivity index (χ4v) is 1.86. The van der Waals surface area contributed by atoms with Crippen LogP contribution < -0.4 is 0 Å². The summed E-state index contributed by atoms with van der Waals surface area (Å²) in [6.45, 7) is 6.09. The van der Waals surface area contributed by atoms with E-state index in [-0.39, 0.29) is 18.0 Å². The molecule has 0 saturated carbocycles. The highest BCUT2D eigenvalue weighted by molar-refractivity contribution is 9.10. The average Bonchev–Trinajstić information content (AvgIpc) is 2.18. The molecule has 0 saturated heterocycles. The molecule has 17 heavy (non-hydrogen) atoms. The first-order valence-electron chi connectivity index (χ1n) is 5.54. The summed E-state index contributed by atoms with van der Waals surface area (Å²) in [7, 11) is 0. The Kier molecular flexibility index (Phi) is 5.10. The first kappa shape index (κ1) is 14.6. The number of rotatable bonds is 4. The molecule has 4 heteroatoms. The van der Waals surface area contributed by atoms with Crippen LogP contribution >= 0.6 is 15.9 Å². The van der Waals surface area contributed by atoms with Crippen molar-refractivity contribution in [3.63, 3.8) is 0 Å². The molecule has 1 rings (SSSR count). The van der Waals surface area contributed by atoms with Gasteiger partial charge >= 0.3 is 0 Å². The lowest BCUT2D eigenvalue weighted by Crippen LogP contribution is -2.27. The number of ether oxygens (including phenoxy) is 1. The van der Waals surface area contributed by atoms with Gasteiger partial charge in [-0.25, -0.2) is 4.39 Å². The molecule has 1 N–H and O–H groups in total. The van der Waals surface area contributed by atoms with Crippen LogP contribution in [0.5, 0.6) is 0 Å². The second-order valence-corrected chi connectivity index (χ2v) is 5.87. The topological polar surface area (TPSA) is 29.5 Å². The van der Waals surface area contributed by atoms with Gasteiger partial charge in [0, 0.05) is 10.9 Å². The standard InChI is InChI=1S/C13H18BrFO2/c1-13(2,3)17-8-11(16)6-9-4-5-10(15)7-12(9)14/h4-5,7,11,16H,6,8H2,1-3H3. The predicted molar refractivity (Wildman–Crippen MR) is 69.5 cm³/mol. The molecule has 96 valence electrons. The quantitative estimate of drug-likeness (QED) is 0.925. The highest BCUT2D eigenvalue weighted by atomic mass is 79.9. The van der Waals surface area contributed by atoms with Crippen molar-refractivity contribution in [1.82, 2.24) is 0 Å². The second-order valence-electron chi connectivity index (χ2n) is 5.02. The molecule has 1 aromatic carbocycles. The minimum Gasteiger partial charge on any atom is -0.390 e. The van der Waals surface area contributed by atoms with Gasteiger partial charge in [0.15, 0.2) is 0 Å². The van der Waals surface area contributed by atoms with E-state index in [1.807, 2.05) is 20.8 Å². The molecule has 0 fully saturated rings. The molecule has 0 radical (unpaired) electrons. The molecule has 2 nitrogen and oxygen atoms in total. The van der Waals surface area contributed by atoms with E-state index in [4.69, 9.17) is 4.74 Å². The lowest BCUT2D eigenvalue weighted by Gasteiger charge is -2.22. The molecule has 0 spiro atoms. The van der Waals surface area contributed by atoms with Crippen LogP contribution in [0.25, 0.3) is 0 Å². The third-order valence-electron chi connectivity index (χ3n) is 2.18. The van der Waals surface area contributed by atoms with Crippen LogP contribution in [0.1, 0.15) is 26.3 Å². The summed E-state index contributed by atoms with van der Waals surface area (Å²) >= 11 is 3.27. The van der Waals surface area contributed by atoms with Gasteiger partial charge in [-0.2, -0.15) is 0 Å².